The van der Waals surface area contributed by atoms with Gasteiger partial charge in [-0.25, -0.2) is 22.5 Å². The molecule has 4 aliphatic rings. The maximum atomic E-state index is 14.1. The molecule has 16 nitrogen and oxygen atoms in total. The number of hydrogen-bond acceptors (Lipinski definition) is 13. The van der Waals surface area contributed by atoms with E-state index in [1.807, 2.05) is 13.0 Å². The van der Waals surface area contributed by atoms with Crippen molar-refractivity contribution < 1.29 is 75.4 Å². The van der Waals surface area contributed by atoms with Gasteiger partial charge in [-0.05, 0) is 102 Å². The molecule has 3 fully saturated rings. The van der Waals surface area contributed by atoms with Gasteiger partial charge >= 0.3 is 5.97 Å². The number of cyclic esters (lactones) is 1. The van der Waals surface area contributed by atoms with Gasteiger partial charge in [-0.1, -0.05) is 69.7 Å². The second kappa shape index (κ2) is 27.2. The number of methoxy groups -OCH3 is 2. The Morgan fingerprint density at radius 3 is 2.24 bits per heavy atom. The largest absolute Gasteiger partial charge is 0.460 e. The van der Waals surface area contributed by atoms with Crippen LogP contribution < -0.4 is 4.72 Å². The van der Waals surface area contributed by atoms with Gasteiger partial charge in [0.2, 0.25) is 23.0 Å². The summed E-state index contributed by atoms with van der Waals surface area (Å²) in [4.78, 5) is 70.6. The number of hydrogen-bond donors (Lipinski definition) is 4. The van der Waals surface area contributed by atoms with Gasteiger partial charge < -0.3 is 38.8 Å². The van der Waals surface area contributed by atoms with Gasteiger partial charge in [-0.15, -0.1) is 0 Å². The van der Waals surface area contributed by atoms with Crippen molar-refractivity contribution >= 4 is 40.5 Å². The molecule has 71 heavy (non-hydrogen) atoms. The minimum Gasteiger partial charge on any atom is -0.460 e. The maximum Gasteiger partial charge on any atom is 0.328 e. The van der Waals surface area contributed by atoms with Crippen molar-refractivity contribution in [2.45, 2.75) is 186 Å². The van der Waals surface area contributed by atoms with Gasteiger partial charge in [0, 0.05) is 64.3 Å². The molecule has 19 heteroatoms. The smallest absolute Gasteiger partial charge is 0.328 e. The summed E-state index contributed by atoms with van der Waals surface area (Å²) >= 11 is -2.45. The second-order valence-corrected chi connectivity index (χ2v) is 21.4. The molecule has 2 heterocycles. The number of fused-ring (bicyclic) bond motifs is 2. The van der Waals surface area contributed by atoms with Crippen LogP contribution in [0.15, 0.2) is 47.6 Å². The number of carbonyl (C=O) groups excluding carboxylic acids is 5. The lowest BCUT2D eigenvalue weighted by atomic mass is 9.78. The van der Waals surface area contributed by atoms with Crippen LogP contribution in [0.4, 0.5) is 8.78 Å². The van der Waals surface area contributed by atoms with Crippen molar-refractivity contribution in [2.75, 3.05) is 27.9 Å². The first kappa shape index (κ1) is 60.2. The van der Waals surface area contributed by atoms with E-state index in [2.05, 4.69) is 4.72 Å². The van der Waals surface area contributed by atoms with Gasteiger partial charge in [0.15, 0.2) is 5.78 Å². The first-order chi connectivity index (χ1) is 33.3. The normalized spacial score (nSPS) is 38.5. The highest BCUT2D eigenvalue weighted by Crippen LogP contribution is 2.43. The lowest BCUT2D eigenvalue weighted by molar-refractivity contribution is -0.263. The monoisotopic (exact) mass is 1030 g/mol. The van der Waals surface area contributed by atoms with Crippen LogP contribution in [0.2, 0.25) is 0 Å². The van der Waals surface area contributed by atoms with Crippen LogP contribution in [0.3, 0.4) is 0 Å². The van der Waals surface area contributed by atoms with Crippen molar-refractivity contribution in [3.05, 3.63) is 47.6 Å². The second-order valence-electron chi connectivity index (χ2n) is 20.7. The predicted octanol–water partition coefficient (Wildman–Crippen LogP) is 6.55. The van der Waals surface area contributed by atoms with Gasteiger partial charge in [-0.3, -0.25) is 23.7 Å². The lowest BCUT2D eigenvalue weighted by Crippen LogP contribution is -2.59. The molecule has 1 amide bonds. The first-order valence-electron chi connectivity index (χ1n) is 25.1. The van der Waals surface area contributed by atoms with Crippen molar-refractivity contribution in [3.8, 4) is 0 Å². The number of likely N-dealkylation sites (N-methyl/N-ethyl adjacent to an activating group) is 1. The molecule has 2 aliphatic heterocycles. The molecule has 2 aliphatic carbocycles. The summed E-state index contributed by atoms with van der Waals surface area (Å²) in [6.45, 7) is 11.7. The molecule has 2 saturated carbocycles. The first-order valence-corrected chi connectivity index (χ1v) is 26.2. The molecule has 0 aromatic carbocycles. The highest BCUT2D eigenvalue weighted by molar-refractivity contribution is 7.77. The number of allylic oxidation sites excluding steroid dienone is 6. The standard InChI is InChI=1S/C52H80F2N2O14S/c1-30-16-14-12-11-13-15-17-31(2)45(58)47(67-10)46(59)34(5)22-32(3)41(57)26-43(33(4)23-37-19-21-42(44(24-37)66-9)68-29-38-27-51(53,54)28-38)69-50(62)36(7)56(8)49(61)48(60)52(63)35(6)18-20-39(70-52)25-40(30)55-71(64)65/h11-14,16,22,31-33,35-40,42-44,46-47,55,59,63H,15,17-21,23-29H2,1-10H3,(H,64,65)/b13-11+,14-12+,30-16+,34-22+/t31?,32?,33-,35+,36?,37+,39-,40?,42-,43?,44-,46?,47?,52+/m1/s1. The van der Waals surface area contributed by atoms with Crippen molar-refractivity contribution in [2.24, 2.45) is 35.5 Å². The molecule has 4 N–H and O–H groups in total. The minimum absolute atomic E-state index is 0.0397. The number of Topliss-reactive ketones (excluding diaryl/α,β-unsaturated/α-hetero) is 3. The Balaban J connectivity index is 1.63. The molecule has 2 bridgehead atoms. The van der Waals surface area contributed by atoms with Gasteiger partial charge in [-0.2, -0.15) is 0 Å². The molecule has 0 radical (unpaired) electrons. The zero-order valence-electron chi connectivity index (χ0n) is 43.2. The number of carbonyl (C=O) groups is 5. The zero-order valence-corrected chi connectivity index (χ0v) is 44.0. The Kier molecular flexibility index (Phi) is 23.1. The molecular formula is C52H80F2N2O14S. The summed E-state index contributed by atoms with van der Waals surface area (Å²) in [5, 5.41) is 23.2. The van der Waals surface area contributed by atoms with Crippen LogP contribution in [0.25, 0.3) is 0 Å². The number of esters is 1. The molecule has 0 spiro atoms. The average Bonchev–Trinajstić information content (AvgIpc) is 3.31. The van der Waals surface area contributed by atoms with Crippen LogP contribution in [0.1, 0.15) is 126 Å². The fraction of sp³-hybridized carbons (Fsp3) is 0.750. The third-order valence-electron chi connectivity index (χ3n) is 15.1. The van der Waals surface area contributed by atoms with Crippen LogP contribution >= 0.6 is 0 Å². The molecule has 15 atom stereocenters. The summed E-state index contributed by atoms with van der Waals surface area (Å²) in [6.07, 6.45) is 8.75. The molecule has 8 unspecified atom stereocenters. The molecule has 0 aromatic heterocycles. The zero-order chi connectivity index (χ0) is 53.0. The number of nitrogens with zero attached hydrogens (tertiary/aromatic N) is 1. The highest BCUT2D eigenvalue weighted by atomic mass is 32.2. The van der Waals surface area contributed by atoms with Gasteiger partial charge in [0.1, 0.15) is 30.1 Å². The van der Waals surface area contributed by atoms with Crippen LogP contribution in [-0.2, 0) is 58.9 Å². The Morgan fingerprint density at radius 2 is 1.61 bits per heavy atom. The quantitative estimate of drug-likeness (QED) is 0.0789. The highest BCUT2D eigenvalue weighted by Gasteiger charge is 2.52. The van der Waals surface area contributed by atoms with E-state index in [1.165, 1.54) is 21.1 Å². The number of rotatable bonds is 10. The fourth-order valence-corrected chi connectivity index (χ4v) is 10.6. The summed E-state index contributed by atoms with van der Waals surface area (Å²) in [5.41, 5.74) is 0.963. The number of alkyl halides is 2. The van der Waals surface area contributed by atoms with E-state index in [4.69, 9.17) is 23.7 Å². The van der Waals surface area contributed by atoms with E-state index >= 15 is 0 Å². The fourth-order valence-electron chi connectivity index (χ4n) is 10.1. The molecule has 402 valence electrons. The Labute approximate surface area is 421 Å². The molecule has 4 rings (SSSR count). The third kappa shape index (κ3) is 16.8. The van der Waals surface area contributed by atoms with Gasteiger partial charge in [0.25, 0.3) is 11.7 Å². The number of aliphatic hydroxyl groups is 2. The van der Waals surface area contributed by atoms with Gasteiger partial charge in [0.05, 0.1) is 24.9 Å². The molecule has 1 saturated heterocycles. The summed E-state index contributed by atoms with van der Waals surface area (Å²) in [7, 11) is 4.13. The van der Waals surface area contributed by atoms with Crippen LogP contribution in [0, 0.1) is 35.5 Å². The SMILES string of the molecule is COC1C(=O)C(C)CC/C=C/C=C/C=C(\C)C(NS(=O)O)C[C@H]2CC[C@H](C)[C@](O)(O2)C(=O)C(=O)N(C)C(C)C(=O)OC([C@H](C)C[C@@H]2CC[C@@H](OCC3CC(F)(F)C3)[C@H](OC)C2)CC(=O)C(C)/C=C(\C)C1O. The maximum absolute atomic E-state index is 14.1. The predicted molar refractivity (Wildman–Crippen MR) is 262 cm³/mol. The topological polar surface area (TPSA) is 225 Å². The van der Waals surface area contributed by atoms with E-state index in [1.54, 1.807) is 72.1 Å². The van der Waals surface area contributed by atoms with Crippen molar-refractivity contribution in [1.29, 1.82) is 0 Å². The minimum atomic E-state index is -2.65. The third-order valence-corrected chi connectivity index (χ3v) is 15.6. The summed E-state index contributed by atoms with van der Waals surface area (Å²) in [5.74, 6) is -12.1. The molecular weight excluding hydrogens is 947 g/mol. The van der Waals surface area contributed by atoms with E-state index in [-0.39, 0.29) is 74.3 Å². The van der Waals surface area contributed by atoms with E-state index in [9.17, 15) is 51.7 Å². The number of ketones is 3. The number of aliphatic hydroxyl groups excluding tert-OH is 1. The number of amides is 1. The summed E-state index contributed by atoms with van der Waals surface area (Å²) < 4.78 is 80.9. The Morgan fingerprint density at radius 1 is 0.915 bits per heavy atom. The lowest BCUT2D eigenvalue weighted by Gasteiger charge is -2.41. The van der Waals surface area contributed by atoms with Crippen molar-refractivity contribution in [1.82, 2.24) is 9.62 Å². The Bertz CT molecular complexity index is 1990. The number of nitrogens with one attached hydrogen (secondary N) is 1. The van der Waals surface area contributed by atoms with E-state index < -0.39 is 101 Å². The van der Waals surface area contributed by atoms with Crippen LogP contribution in [-0.4, -0.2) is 141 Å². The average molecular weight is 1030 g/mol. The van der Waals surface area contributed by atoms with Crippen molar-refractivity contribution in [3.63, 3.8) is 0 Å². The molecule has 0 aromatic rings. The Hall–Kier alpha value is -3.40. The number of ether oxygens (including phenoxy) is 5. The van der Waals surface area contributed by atoms with E-state index in [0.29, 0.717) is 56.1 Å². The van der Waals surface area contributed by atoms with E-state index in [0.717, 1.165) is 4.90 Å². The summed E-state index contributed by atoms with van der Waals surface area (Å²) in [6, 6.07) is -2.13. The van der Waals surface area contributed by atoms with Crippen LogP contribution in [0.5, 0.6) is 0 Å². The number of halogens is 2.